The van der Waals surface area contributed by atoms with Gasteiger partial charge in [-0.3, -0.25) is 0 Å². The Kier molecular flexibility index (Phi) is 7.18. The van der Waals surface area contributed by atoms with Crippen molar-refractivity contribution in [3.8, 4) is 10.4 Å². The van der Waals surface area contributed by atoms with Gasteiger partial charge in [-0.25, -0.2) is 4.39 Å². The number of aliphatic hydroxyl groups excluding tert-OH is 5. The SMILES string of the molecule is COC1(c2ccc(C)c(C(O)c3ccc(-c4ccc(F)cc4)s3)c2)OC(CO)C(O)C(O)C1O. The lowest BCUT2D eigenvalue weighted by Gasteiger charge is -2.47. The second kappa shape index (κ2) is 9.80. The molecule has 0 saturated carbocycles. The van der Waals surface area contributed by atoms with Crippen LogP contribution in [0.4, 0.5) is 4.39 Å². The van der Waals surface area contributed by atoms with E-state index in [0.717, 1.165) is 16.0 Å². The molecule has 0 aliphatic carbocycles. The zero-order valence-electron chi connectivity index (χ0n) is 18.6. The van der Waals surface area contributed by atoms with Crippen molar-refractivity contribution >= 4 is 11.3 Å². The molecule has 0 bridgehead atoms. The number of aryl methyl sites for hydroxylation is 1. The summed E-state index contributed by atoms with van der Waals surface area (Å²) < 4.78 is 24.5. The molecule has 0 spiro atoms. The summed E-state index contributed by atoms with van der Waals surface area (Å²) in [6, 6.07) is 14.7. The predicted octanol–water partition coefficient (Wildman–Crippen LogP) is 2.22. The molecular weight excluding hydrogens is 463 g/mol. The van der Waals surface area contributed by atoms with Gasteiger partial charge in [0.25, 0.3) is 0 Å². The maximum Gasteiger partial charge on any atom is 0.224 e. The highest BCUT2D eigenvalue weighted by Crippen LogP contribution is 2.42. The first-order valence-corrected chi connectivity index (χ1v) is 11.6. The first-order valence-electron chi connectivity index (χ1n) is 10.7. The molecular formula is C25H27FO7S. The standard InChI is InChI=1S/C25H27FO7S/c1-13-3-6-15(25(32-2)24(31)23(30)22(29)18(12-27)33-25)11-17(13)21(28)20-10-9-19(34-20)14-4-7-16(26)8-5-14/h3-11,18,21-24,27-31H,12H2,1-2H3. The van der Waals surface area contributed by atoms with Crippen LogP contribution in [0.2, 0.25) is 0 Å². The molecule has 1 aliphatic heterocycles. The number of hydrogen-bond acceptors (Lipinski definition) is 8. The minimum absolute atomic E-state index is 0.307. The molecule has 1 saturated heterocycles. The highest BCUT2D eigenvalue weighted by molar-refractivity contribution is 7.15. The van der Waals surface area contributed by atoms with Gasteiger partial charge in [0, 0.05) is 22.4 Å². The number of aliphatic hydroxyl groups is 5. The van der Waals surface area contributed by atoms with Gasteiger partial charge in [-0.1, -0.05) is 24.3 Å². The second-order valence-electron chi connectivity index (χ2n) is 8.32. The monoisotopic (exact) mass is 490 g/mol. The number of ether oxygens (including phenoxy) is 2. The van der Waals surface area contributed by atoms with Crippen LogP contribution < -0.4 is 0 Å². The van der Waals surface area contributed by atoms with Crippen LogP contribution in [0.5, 0.6) is 0 Å². The van der Waals surface area contributed by atoms with E-state index in [1.54, 1.807) is 36.4 Å². The number of hydrogen-bond donors (Lipinski definition) is 5. The van der Waals surface area contributed by atoms with Gasteiger partial charge in [0.2, 0.25) is 5.79 Å². The molecule has 5 N–H and O–H groups in total. The van der Waals surface area contributed by atoms with Gasteiger partial charge in [0.15, 0.2) is 0 Å². The zero-order valence-corrected chi connectivity index (χ0v) is 19.4. The van der Waals surface area contributed by atoms with Gasteiger partial charge in [-0.15, -0.1) is 11.3 Å². The Bertz CT molecular complexity index is 1130. The molecule has 6 atom stereocenters. The van der Waals surface area contributed by atoms with Crippen molar-refractivity contribution in [2.24, 2.45) is 0 Å². The van der Waals surface area contributed by atoms with Gasteiger partial charge in [0.05, 0.1) is 6.61 Å². The summed E-state index contributed by atoms with van der Waals surface area (Å²) in [6.07, 6.45) is -7.00. The third-order valence-electron chi connectivity index (χ3n) is 6.25. The largest absolute Gasteiger partial charge is 0.394 e. The average molecular weight is 491 g/mol. The van der Waals surface area contributed by atoms with E-state index in [2.05, 4.69) is 0 Å². The normalized spacial score (nSPS) is 28.1. The van der Waals surface area contributed by atoms with Crippen molar-refractivity contribution in [3.63, 3.8) is 0 Å². The average Bonchev–Trinajstić information content (AvgIpc) is 3.34. The van der Waals surface area contributed by atoms with Crippen LogP contribution in [0.3, 0.4) is 0 Å². The maximum absolute atomic E-state index is 13.3. The minimum atomic E-state index is -1.87. The fourth-order valence-corrected chi connectivity index (χ4v) is 5.26. The number of thiophene rings is 1. The second-order valence-corrected chi connectivity index (χ2v) is 9.43. The van der Waals surface area contributed by atoms with Crippen molar-refractivity contribution < 1.29 is 39.4 Å². The van der Waals surface area contributed by atoms with E-state index in [1.165, 1.54) is 30.6 Å². The number of halogens is 1. The lowest BCUT2D eigenvalue weighted by atomic mass is 9.86. The molecule has 2 aromatic carbocycles. The Morgan fingerprint density at radius 3 is 2.41 bits per heavy atom. The van der Waals surface area contributed by atoms with Crippen LogP contribution in [-0.2, 0) is 15.3 Å². The minimum Gasteiger partial charge on any atom is -0.394 e. The van der Waals surface area contributed by atoms with Crippen molar-refractivity contribution in [1.82, 2.24) is 0 Å². The van der Waals surface area contributed by atoms with Gasteiger partial charge in [-0.2, -0.15) is 0 Å². The highest BCUT2D eigenvalue weighted by Gasteiger charge is 2.55. The van der Waals surface area contributed by atoms with Crippen molar-refractivity contribution in [1.29, 1.82) is 0 Å². The summed E-state index contributed by atoms with van der Waals surface area (Å²) in [5, 5.41) is 52.0. The Balaban J connectivity index is 1.70. The quantitative estimate of drug-likeness (QED) is 0.359. The molecule has 9 heteroatoms. The Labute approximate surface area is 200 Å². The molecule has 1 aliphatic rings. The fourth-order valence-electron chi connectivity index (χ4n) is 4.24. The maximum atomic E-state index is 13.3. The van der Waals surface area contributed by atoms with E-state index in [0.29, 0.717) is 16.0 Å². The molecule has 1 fully saturated rings. The van der Waals surface area contributed by atoms with Gasteiger partial charge < -0.3 is 35.0 Å². The van der Waals surface area contributed by atoms with Gasteiger partial charge in [-0.05, 0) is 53.9 Å². The van der Waals surface area contributed by atoms with Gasteiger partial charge in [0.1, 0.15) is 36.3 Å². The third-order valence-corrected chi connectivity index (χ3v) is 7.44. The zero-order chi connectivity index (χ0) is 24.6. The summed E-state index contributed by atoms with van der Waals surface area (Å²) in [5.74, 6) is -2.20. The summed E-state index contributed by atoms with van der Waals surface area (Å²) in [5.41, 5.74) is 2.43. The lowest BCUT2D eigenvalue weighted by molar-refractivity contribution is -0.366. The number of benzene rings is 2. The molecule has 4 rings (SSSR count). The summed E-state index contributed by atoms with van der Waals surface area (Å²) in [4.78, 5) is 1.52. The summed E-state index contributed by atoms with van der Waals surface area (Å²) in [6.45, 7) is 1.22. The third kappa shape index (κ3) is 4.30. The Morgan fingerprint density at radius 2 is 1.76 bits per heavy atom. The van der Waals surface area contributed by atoms with Crippen LogP contribution in [0.25, 0.3) is 10.4 Å². The van der Waals surface area contributed by atoms with Crippen molar-refractivity contribution in [3.05, 3.63) is 82.0 Å². The summed E-state index contributed by atoms with van der Waals surface area (Å²) in [7, 11) is 1.28. The predicted molar refractivity (Wildman–Crippen MR) is 124 cm³/mol. The molecule has 3 aromatic rings. The van der Waals surface area contributed by atoms with Crippen LogP contribution in [0.1, 0.15) is 27.7 Å². The van der Waals surface area contributed by atoms with Crippen LogP contribution in [0, 0.1) is 12.7 Å². The molecule has 182 valence electrons. The Morgan fingerprint density at radius 1 is 1.06 bits per heavy atom. The summed E-state index contributed by atoms with van der Waals surface area (Å²) >= 11 is 1.36. The molecule has 2 heterocycles. The smallest absolute Gasteiger partial charge is 0.224 e. The van der Waals surface area contributed by atoms with E-state index >= 15 is 0 Å². The molecule has 7 nitrogen and oxygen atoms in total. The molecule has 0 radical (unpaired) electrons. The first-order chi connectivity index (χ1) is 16.2. The molecule has 1 aromatic heterocycles. The van der Waals surface area contributed by atoms with E-state index in [1.807, 2.05) is 13.0 Å². The molecule has 34 heavy (non-hydrogen) atoms. The van der Waals surface area contributed by atoms with Crippen LogP contribution in [-0.4, -0.2) is 63.7 Å². The Hall–Kier alpha value is -2.21. The first kappa shape index (κ1) is 24.9. The van der Waals surface area contributed by atoms with Crippen LogP contribution >= 0.6 is 11.3 Å². The van der Waals surface area contributed by atoms with E-state index in [9.17, 15) is 29.9 Å². The topological polar surface area (TPSA) is 120 Å². The molecule has 6 unspecified atom stereocenters. The van der Waals surface area contributed by atoms with E-state index in [4.69, 9.17) is 9.47 Å². The number of methoxy groups -OCH3 is 1. The van der Waals surface area contributed by atoms with Crippen molar-refractivity contribution in [2.75, 3.05) is 13.7 Å². The van der Waals surface area contributed by atoms with E-state index in [-0.39, 0.29) is 5.82 Å². The highest BCUT2D eigenvalue weighted by atomic mass is 32.1. The molecule has 0 amide bonds. The fraction of sp³-hybridized carbons (Fsp3) is 0.360. The van der Waals surface area contributed by atoms with Crippen LogP contribution in [0.15, 0.2) is 54.6 Å². The lowest BCUT2D eigenvalue weighted by Crippen LogP contribution is -2.64. The number of rotatable bonds is 6. The van der Waals surface area contributed by atoms with Gasteiger partial charge >= 0.3 is 0 Å². The van der Waals surface area contributed by atoms with Crippen molar-refractivity contribution in [2.45, 2.75) is 43.2 Å². The van der Waals surface area contributed by atoms with E-state index < -0.39 is 42.9 Å².